The van der Waals surface area contributed by atoms with E-state index in [1.165, 1.54) is 12.3 Å². The molecular formula is C21H22N6O6. The van der Waals surface area contributed by atoms with Gasteiger partial charge in [0.25, 0.3) is 11.8 Å². The Labute approximate surface area is 188 Å². The summed E-state index contributed by atoms with van der Waals surface area (Å²) in [6.07, 6.45) is 2.89. The fraction of sp³-hybridized carbons (Fsp3) is 0.333. The summed E-state index contributed by atoms with van der Waals surface area (Å²) in [6, 6.07) is 5.03. The second kappa shape index (κ2) is 9.51. The SMILES string of the molecule is O=C1CCC(N2C(=O)c3cccc(NCCCCNC(=O)Nc4ccon4)c3C2=O)C(=O)N1. The number of carbonyl (C=O) groups excluding carboxylic acids is 5. The number of imide groups is 2. The lowest BCUT2D eigenvalue weighted by Crippen LogP contribution is -2.54. The maximum absolute atomic E-state index is 13.0. The van der Waals surface area contributed by atoms with Gasteiger partial charge in [0, 0.05) is 31.3 Å². The maximum Gasteiger partial charge on any atom is 0.320 e. The van der Waals surface area contributed by atoms with Gasteiger partial charge in [-0.15, -0.1) is 0 Å². The number of fused-ring (bicyclic) bond motifs is 1. The first-order chi connectivity index (χ1) is 16.0. The first kappa shape index (κ1) is 22.0. The van der Waals surface area contributed by atoms with E-state index in [1.807, 2.05) is 0 Å². The van der Waals surface area contributed by atoms with Crippen LogP contribution in [0.5, 0.6) is 0 Å². The summed E-state index contributed by atoms with van der Waals surface area (Å²) in [4.78, 5) is 62.1. The number of nitrogens with zero attached hydrogens (tertiary/aromatic N) is 2. The molecule has 1 fully saturated rings. The van der Waals surface area contributed by atoms with Gasteiger partial charge in [-0.05, 0) is 31.4 Å². The smallest absolute Gasteiger partial charge is 0.320 e. The molecule has 2 aliphatic heterocycles. The van der Waals surface area contributed by atoms with Gasteiger partial charge in [-0.1, -0.05) is 11.2 Å². The molecular weight excluding hydrogens is 432 g/mol. The highest BCUT2D eigenvalue weighted by molar-refractivity contribution is 6.25. The molecule has 1 unspecified atom stereocenters. The lowest BCUT2D eigenvalue weighted by molar-refractivity contribution is -0.136. The Balaban J connectivity index is 1.29. The van der Waals surface area contributed by atoms with E-state index in [0.29, 0.717) is 37.4 Å². The Bertz CT molecular complexity index is 1100. The van der Waals surface area contributed by atoms with E-state index < -0.39 is 35.7 Å². The van der Waals surface area contributed by atoms with Crippen LogP contribution in [0.3, 0.4) is 0 Å². The van der Waals surface area contributed by atoms with Gasteiger partial charge < -0.3 is 15.2 Å². The first-order valence-electron chi connectivity index (χ1n) is 10.5. The van der Waals surface area contributed by atoms with Crippen LogP contribution in [0.25, 0.3) is 0 Å². The molecule has 1 aromatic carbocycles. The van der Waals surface area contributed by atoms with Gasteiger partial charge in [0.15, 0.2) is 5.82 Å². The van der Waals surface area contributed by atoms with Gasteiger partial charge in [0.1, 0.15) is 12.3 Å². The fourth-order valence-corrected chi connectivity index (χ4v) is 3.77. The quantitative estimate of drug-likeness (QED) is 0.340. The molecule has 12 heteroatoms. The summed E-state index contributed by atoms with van der Waals surface area (Å²) in [6.45, 7) is 0.932. The number of nitrogens with one attached hydrogen (secondary N) is 4. The molecule has 1 atom stereocenters. The van der Waals surface area contributed by atoms with E-state index in [2.05, 4.69) is 30.9 Å². The number of anilines is 2. The highest BCUT2D eigenvalue weighted by Crippen LogP contribution is 2.32. The average molecular weight is 454 g/mol. The molecule has 1 saturated heterocycles. The number of aromatic nitrogens is 1. The van der Waals surface area contributed by atoms with Crippen LogP contribution in [-0.4, -0.2) is 58.8 Å². The number of unbranched alkanes of at least 4 members (excludes halogenated alkanes) is 1. The molecule has 4 rings (SSSR count). The van der Waals surface area contributed by atoms with Gasteiger partial charge in [0.2, 0.25) is 11.8 Å². The third-order valence-electron chi connectivity index (χ3n) is 5.35. The van der Waals surface area contributed by atoms with Crippen LogP contribution in [0.2, 0.25) is 0 Å². The normalized spacial score (nSPS) is 17.6. The number of rotatable bonds is 8. The number of amides is 6. The topological polar surface area (TPSA) is 163 Å². The third-order valence-corrected chi connectivity index (χ3v) is 5.35. The van der Waals surface area contributed by atoms with Gasteiger partial charge in [-0.3, -0.25) is 34.7 Å². The van der Waals surface area contributed by atoms with E-state index in [-0.39, 0.29) is 24.0 Å². The van der Waals surface area contributed by atoms with Crippen molar-refractivity contribution in [2.24, 2.45) is 0 Å². The van der Waals surface area contributed by atoms with E-state index in [4.69, 9.17) is 0 Å². The molecule has 0 radical (unpaired) electrons. The monoisotopic (exact) mass is 454 g/mol. The minimum absolute atomic E-state index is 0.0690. The van der Waals surface area contributed by atoms with Crippen molar-refractivity contribution in [3.63, 3.8) is 0 Å². The molecule has 2 aromatic rings. The van der Waals surface area contributed by atoms with Crippen LogP contribution in [0.1, 0.15) is 46.4 Å². The van der Waals surface area contributed by atoms with Crippen LogP contribution in [-0.2, 0) is 9.59 Å². The average Bonchev–Trinajstić information content (AvgIpc) is 3.38. The van der Waals surface area contributed by atoms with Crippen molar-refractivity contribution in [3.8, 4) is 0 Å². The predicted octanol–water partition coefficient (Wildman–Crippen LogP) is 1.09. The number of hydrogen-bond acceptors (Lipinski definition) is 8. The molecule has 0 bridgehead atoms. The van der Waals surface area contributed by atoms with Crippen molar-refractivity contribution < 1.29 is 28.5 Å². The fourth-order valence-electron chi connectivity index (χ4n) is 3.77. The predicted molar refractivity (Wildman–Crippen MR) is 114 cm³/mol. The third kappa shape index (κ3) is 4.68. The van der Waals surface area contributed by atoms with Crippen molar-refractivity contribution >= 4 is 41.2 Å². The zero-order chi connectivity index (χ0) is 23.4. The van der Waals surface area contributed by atoms with Gasteiger partial charge in [0.05, 0.1) is 11.1 Å². The number of carbonyl (C=O) groups is 5. The van der Waals surface area contributed by atoms with Crippen molar-refractivity contribution in [1.29, 1.82) is 0 Å². The van der Waals surface area contributed by atoms with E-state index in [9.17, 15) is 24.0 Å². The van der Waals surface area contributed by atoms with Crippen LogP contribution >= 0.6 is 0 Å². The second-order valence-electron chi connectivity index (χ2n) is 7.57. The molecule has 0 aliphatic carbocycles. The van der Waals surface area contributed by atoms with Crippen LogP contribution in [0, 0.1) is 0 Å². The van der Waals surface area contributed by atoms with Gasteiger partial charge >= 0.3 is 6.03 Å². The summed E-state index contributed by atoms with van der Waals surface area (Å²) >= 11 is 0. The Morgan fingerprint density at radius 2 is 1.94 bits per heavy atom. The highest BCUT2D eigenvalue weighted by Gasteiger charge is 2.45. The molecule has 12 nitrogen and oxygen atoms in total. The summed E-state index contributed by atoms with van der Waals surface area (Å²) in [7, 11) is 0. The minimum atomic E-state index is -1.00. The Morgan fingerprint density at radius 3 is 2.70 bits per heavy atom. The first-order valence-corrected chi connectivity index (χ1v) is 10.5. The van der Waals surface area contributed by atoms with Crippen molar-refractivity contribution in [3.05, 3.63) is 41.7 Å². The lowest BCUT2D eigenvalue weighted by atomic mass is 10.0. The number of benzene rings is 1. The highest BCUT2D eigenvalue weighted by atomic mass is 16.5. The summed E-state index contributed by atoms with van der Waals surface area (Å²) in [5.41, 5.74) is 0.940. The van der Waals surface area contributed by atoms with Crippen molar-refractivity contribution in [2.45, 2.75) is 31.7 Å². The molecule has 1 aromatic heterocycles. The van der Waals surface area contributed by atoms with Crippen molar-refractivity contribution in [2.75, 3.05) is 23.7 Å². The molecule has 6 amide bonds. The van der Waals surface area contributed by atoms with Gasteiger partial charge in [-0.2, -0.15) is 0 Å². The zero-order valence-electron chi connectivity index (χ0n) is 17.6. The van der Waals surface area contributed by atoms with E-state index in [0.717, 1.165) is 4.90 Å². The number of piperidine rings is 1. The molecule has 3 heterocycles. The minimum Gasteiger partial charge on any atom is -0.384 e. The standard InChI is InChI=1S/C21H22N6O6/c28-16-7-6-14(18(29)25-16)27-19(30)12-4-3-5-13(17(12)20(27)31)22-9-1-2-10-23-21(32)24-15-8-11-33-26-15/h3-5,8,11,14,22H,1-2,6-7,9-10H2,(H,25,28,29)(H2,23,24,26,32). The second-order valence-corrected chi connectivity index (χ2v) is 7.57. The Kier molecular flexibility index (Phi) is 6.33. The summed E-state index contributed by atoms with van der Waals surface area (Å²) in [5.74, 6) is -1.84. The summed E-state index contributed by atoms with van der Waals surface area (Å²) in [5, 5.41) is 14.1. The van der Waals surface area contributed by atoms with Crippen LogP contribution < -0.4 is 21.3 Å². The van der Waals surface area contributed by atoms with E-state index in [1.54, 1.807) is 18.2 Å². The van der Waals surface area contributed by atoms with Crippen molar-refractivity contribution in [1.82, 2.24) is 20.7 Å². The molecule has 0 saturated carbocycles. The Hall–Kier alpha value is -4.22. The van der Waals surface area contributed by atoms with Crippen LogP contribution in [0.4, 0.5) is 16.3 Å². The Morgan fingerprint density at radius 1 is 1.12 bits per heavy atom. The van der Waals surface area contributed by atoms with E-state index >= 15 is 0 Å². The molecule has 0 spiro atoms. The summed E-state index contributed by atoms with van der Waals surface area (Å²) < 4.78 is 4.63. The molecule has 172 valence electrons. The number of hydrogen-bond donors (Lipinski definition) is 4. The zero-order valence-corrected chi connectivity index (χ0v) is 17.6. The molecule has 4 N–H and O–H groups in total. The van der Waals surface area contributed by atoms with Crippen LogP contribution in [0.15, 0.2) is 35.1 Å². The molecule has 2 aliphatic rings. The largest absolute Gasteiger partial charge is 0.384 e. The molecule has 33 heavy (non-hydrogen) atoms. The van der Waals surface area contributed by atoms with Gasteiger partial charge in [-0.25, -0.2) is 4.79 Å². The maximum atomic E-state index is 13.0. The lowest BCUT2D eigenvalue weighted by Gasteiger charge is -2.27. The number of urea groups is 1.